The highest BCUT2D eigenvalue weighted by Gasteiger charge is 2.34. The number of nitrogens with zero attached hydrogens (tertiary/aromatic N) is 8. The van der Waals surface area contributed by atoms with Crippen LogP contribution in [0.4, 0.5) is 14.5 Å². The van der Waals surface area contributed by atoms with Gasteiger partial charge in [0, 0.05) is 142 Å². The quantitative estimate of drug-likeness (QED) is 0.00959. The number of hydrogen-bond acceptors (Lipinski definition) is 15. The normalized spacial score (nSPS) is 13.5. The Balaban J connectivity index is 0.700. The maximum atomic E-state index is 14.7. The van der Waals surface area contributed by atoms with Gasteiger partial charge in [-0.25, -0.2) is 34.9 Å². The zero-order chi connectivity index (χ0) is 77.4. The number of hydrogen-bond donors (Lipinski definition) is 4. The Labute approximate surface area is 628 Å². The van der Waals surface area contributed by atoms with Crippen molar-refractivity contribution < 1.29 is 63.9 Å². The zero-order valence-corrected chi connectivity index (χ0v) is 63.6. The molecular formula is C81H94F2N11O12S2+. The topological polar surface area (TPSA) is 287 Å². The Morgan fingerprint density at radius 1 is 0.667 bits per heavy atom. The summed E-state index contributed by atoms with van der Waals surface area (Å²) >= 11 is 0. The second-order valence-corrected chi connectivity index (χ2v) is 31.1. The summed E-state index contributed by atoms with van der Waals surface area (Å²) in [5, 5.41) is 30.4. The van der Waals surface area contributed by atoms with Gasteiger partial charge < -0.3 is 40.2 Å². The van der Waals surface area contributed by atoms with E-state index < -0.39 is 82.7 Å². The molecular weight excluding hydrogens is 1420 g/mol. The summed E-state index contributed by atoms with van der Waals surface area (Å²) in [6.45, 7) is 17.7. The van der Waals surface area contributed by atoms with Crippen LogP contribution in [0, 0.1) is 17.6 Å². The van der Waals surface area contributed by atoms with E-state index in [1.807, 2.05) is 30.3 Å². The molecule has 27 heteroatoms. The number of carbonyl (C=O) groups is 6. The van der Waals surface area contributed by atoms with E-state index in [0.29, 0.717) is 91.6 Å². The molecule has 1 aromatic heterocycles. The molecule has 3 aliphatic rings. The maximum absolute atomic E-state index is 14.7. The van der Waals surface area contributed by atoms with Crippen molar-refractivity contribution in [2.75, 3.05) is 76.9 Å². The van der Waals surface area contributed by atoms with E-state index in [1.54, 1.807) is 79.1 Å². The third-order valence-corrected chi connectivity index (χ3v) is 23.1. The number of benzene rings is 7. The first kappa shape index (κ1) is 80.2. The number of rotatable bonds is 34. The number of halogens is 2. The molecule has 570 valence electrons. The molecule has 1 saturated heterocycles. The van der Waals surface area contributed by atoms with Crippen LogP contribution in [0.5, 0.6) is 0 Å². The molecule has 4 N–H and O–H groups in total. The lowest BCUT2D eigenvalue weighted by Crippen LogP contribution is -2.50. The molecule has 0 spiro atoms. The van der Waals surface area contributed by atoms with Crippen molar-refractivity contribution in [1.82, 2.24) is 49.6 Å². The number of amides is 5. The van der Waals surface area contributed by atoms with Crippen molar-refractivity contribution in [1.29, 1.82) is 0 Å². The summed E-state index contributed by atoms with van der Waals surface area (Å²) in [6, 6.07) is 39.9. The fraction of sp³-hybridized carbons (Fsp3) is 0.370. The highest BCUT2D eigenvalue weighted by Crippen LogP contribution is 2.43. The zero-order valence-electron chi connectivity index (χ0n) is 61.9. The van der Waals surface area contributed by atoms with Crippen LogP contribution in [0.1, 0.15) is 131 Å². The van der Waals surface area contributed by atoms with Gasteiger partial charge in [0.2, 0.25) is 48.8 Å². The Morgan fingerprint density at radius 2 is 1.36 bits per heavy atom. The number of aromatic nitrogens is 3. The number of sulfone groups is 1. The molecule has 2 aliphatic heterocycles. The second kappa shape index (κ2) is 36.5. The van der Waals surface area contributed by atoms with Gasteiger partial charge in [0.05, 0.1) is 40.7 Å². The fourth-order valence-corrected chi connectivity index (χ4v) is 16.5. The summed E-state index contributed by atoms with van der Waals surface area (Å²) in [7, 11) is -9.16. The van der Waals surface area contributed by atoms with E-state index >= 15 is 0 Å². The molecule has 7 aromatic rings. The molecule has 5 amide bonds. The third kappa shape index (κ3) is 19.5. The van der Waals surface area contributed by atoms with Crippen molar-refractivity contribution >= 4 is 71.8 Å². The van der Waals surface area contributed by atoms with Crippen molar-refractivity contribution in [2.24, 2.45) is 5.92 Å². The Kier molecular flexibility index (Phi) is 27.1. The van der Waals surface area contributed by atoms with Crippen LogP contribution >= 0.6 is 0 Å². The number of carbonyl (C=O) groups excluding carboxylic acids is 6. The van der Waals surface area contributed by atoms with Gasteiger partial charge in [-0.2, -0.15) is 4.31 Å². The standard InChI is InChI=1S/C81H93F2N11O12S2/c1-8-89(9-2)61-33-35-67-72(47-61)106-73-48-62(90(10-3)11-4)34-36-68(73)78(67)65-25-17-18-26-66(65)81(101)92-43-41-91(42-44-92)77(98)39-38-75(96)84-40-19-13-16-27-76(97)86-70(45-56-28-30-58(31-29-56)79(99)57-21-14-12-15-22-57)80(100)85-50-60-52-94(88-87-60)55(7)71(95)53-93(51-54(5)6)108(104,105)64-24-20-23-63(49-64)107(102,103)74-37-32-59(82)46-69(74)83/h12,14-15,17-18,20-26,28-37,46-49,52,54-55,70-71,95H,8-11,13,16,19,27,38-45,50-51,53H2,1-7H3,(H2-,84,85,86,96,97,100)/p+1/t55-,70-,71?/m0/s1. The number of anilines is 1. The highest BCUT2D eigenvalue weighted by molar-refractivity contribution is 7.91. The smallest absolute Gasteiger partial charge is 0.254 e. The summed E-state index contributed by atoms with van der Waals surface area (Å²) in [5.74, 6) is -3.70. The van der Waals surface area contributed by atoms with Crippen molar-refractivity contribution in [2.45, 2.75) is 133 Å². The van der Waals surface area contributed by atoms with E-state index in [-0.39, 0.29) is 73.9 Å². The predicted molar refractivity (Wildman–Crippen MR) is 408 cm³/mol. The van der Waals surface area contributed by atoms with Gasteiger partial charge in [0.15, 0.2) is 5.78 Å². The van der Waals surface area contributed by atoms with E-state index in [9.17, 15) is 59.5 Å². The number of fused-ring (bicyclic) bond motifs is 2. The van der Waals surface area contributed by atoms with E-state index in [4.69, 9.17) is 4.42 Å². The molecule has 0 radical (unpaired) electrons. The molecule has 0 bridgehead atoms. The lowest BCUT2D eigenvalue weighted by atomic mass is 9.90. The highest BCUT2D eigenvalue weighted by atomic mass is 32.2. The minimum absolute atomic E-state index is 0.00919. The maximum Gasteiger partial charge on any atom is 0.254 e. The van der Waals surface area contributed by atoms with Crippen LogP contribution in [0.25, 0.3) is 33.4 Å². The van der Waals surface area contributed by atoms with E-state index in [2.05, 4.69) is 99.8 Å². The minimum Gasteiger partial charge on any atom is -0.456 e. The Bertz CT molecular complexity index is 4980. The Hall–Kier alpha value is -10.4. The van der Waals surface area contributed by atoms with Gasteiger partial charge in [-0.1, -0.05) is 104 Å². The molecule has 10 rings (SSSR count). The summed E-state index contributed by atoms with van der Waals surface area (Å²) in [6.07, 6.45) is 1.60. The first-order chi connectivity index (χ1) is 51.8. The number of sulfonamides is 1. The van der Waals surface area contributed by atoms with Crippen LogP contribution in [0.3, 0.4) is 0 Å². The molecule has 0 saturated carbocycles. The second-order valence-electron chi connectivity index (χ2n) is 27.3. The van der Waals surface area contributed by atoms with Gasteiger partial charge in [-0.05, 0) is 119 Å². The van der Waals surface area contributed by atoms with Gasteiger partial charge in [0.25, 0.3) is 5.91 Å². The van der Waals surface area contributed by atoms with Crippen LogP contribution in [0.15, 0.2) is 183 Å². The summed E-state index contributed by atoms with van der Waals surface area (Å²) in [5.41, 5.74) is 6.70. The van der Waals surface area contributed by atoms with Crippen molar-refractivity contribution in [3.63, 3.8) is 0 Å². The van der Waals surface area contributed by atoms with Gasteiger partial charge >= 0.3 is 0 Å². The average molecular weight is 1520 g/mol. The van der Waals surface area contributed by atoms with Gasteiger partial charge in [-0.15, -0.1) is 5.10 Å². The van der Waals surface area contributed by atoms with Gasteiger partial charge in [0.1, 0.15) is 52.7 Å². The van der Waals surface area contributed by atoms with E-state index in [1.165, 1.54) is 23.0 Å². The number of nitrogens with one attached hydrogen (secondary N) is 3. The SMILES string of the molecule is CCN(CC)c1ccc2c(-c3ccccc3C(=O)N3CCN(C(=O)CCC(=O)NCCCCCC(=O)N[C@@H](Cc4ccc(C(=O)c5ccccc5)cc4)C(=O)NCc4cn([C@@H](C)C(O)CN(CC(C)C)S(=O)(=O)c5cccc(S(=O)(=O)c6ccc(F)cc6F)c5)nn4)CC3)c3ccc(=[N+](CC)CC)cc-3oc2c1. The molecule has 23 nitrogen and oxygen atoms in total. The first-order valence-corrected chi connectivity index (χ1v) is 39.7. The number of aliphatic hydroxyl groups is 1. The van der Waals surface area contributed by atoms with Gasteiger partial charge in [-0.3, -0.25) is 28.8 Å². The minimum atomic E-state index is -4.64. The number of piperazine rings is 1. The summed E-state index contributed by atoms with van der Waals surface area (Å²) < 4.78 is 95.1. The van der Waals surface area contributed by atoms with E-state index in [0.717, 1.165) is 87.9 Å². The lowest BCUT2D eigenvalue weighted by molar-refractivity contribution is -0.134. The molecule has 1 fully saturated rings. The molecule has 3 atom stereocenters. The lowest BCUT2D eigenvalue weighted by Gasteiger charge is -2.35. The monoisotopic (exact) mass is 1510 g/mol. The molecule has 1 aliphatic carbocycles. The summed E-state index contributed by atoms with van der Waals surface area (Å²) in [4.78, 5) is 86.1. The third-order valence-electron chi connectivity index (χ3n) is 19.5. The fourth-order valence-electron chi connectivity index (χ4n) is 13.4. The average Bonchev–Trinajstić information content (AvgIpc) is 0.810. The first-order valence-electron chi connectivity index (χ1n) is 36.7. The largest absolute Gasteiger partial charge is 0.456 e. The molecule has 1 unspecified atom stereocenters. The predicted octanol–water partition coefficient (Wildman–Crippen LogP) is 9.85. The molecule has 3 heterocycles. The number of unbranched alkanes of at least 4 members (excludes halogenated alkanes) is 2. The molecule has 6 aromatic carbocycles. The number of ketones is 1. The van der Waals surface area contributed by atoms with Crippen LogP contribution in [0.2, 0.25) is 0 Å². The van der Waals surface area contributed by atoms with Crippen molar-refractivity contribution in [3.8, 4) is 22.5 Å². The molecule has 108 heavy (non-hydrogen) atoms. The van der Waals surface area contributed by atoms with Crippen LogP contribution < -0.4 is 30.8 Å². The van der Waals surface area contributed by atoms with Crippen LogP contribution in [-0.4, -0.2) is 170 Å². The van der Waals surface area contributed by atoms with Crippen molar-refractivity contribution in [3.05, 3.63) is 209 Å². The number of aliphatic hydroxyl groups excluding tert-OH is 1. The van der Waals surface area contributed by atoms with Crippen LogP contribution in [-0.2, 0) is 52.0 Å². The Morgan fingerprint density at radius 3 is 2.06 bits per heavy atom.